The molecule has 0 saturated heterocycles. The highest BCUT2D eigenvalue weighted by atomic mass is 16.5. The summed E-state index contributed by atoms with van der Waals surface area (Å²) in [6, 6.07) is 6.60. The number of Topliss-reactive ketones (excluding diaryl/α,β-unsaturated/α-hetero) is 1. The molecule has 0 bridgehead atoms. The van der Waals surface area contributed by atoms with Gasteiger partial charge in [0.2, 0.25) is 0 Å². The van der Waals surface area contributed by atoms with E-state index in [4.69, 9.17) is 18.7 Å². The molecule has 196 valence electrons. The van der Waals surface area contributed by atoms with E-state index in [1.54, 1.807) is 20.1 Å². The number of ether oxygens (including phenoxy) is 3. The van der Waals surface area contributed by atoms with Crippen LogP contribution in [0, 0.1) is 24.7 Å². The van der Waals surface area contributed by atoms with Gasteiger partial charge in [0.25, 0.3) is 5.91 Å². The third-order valence-corrected chi connectivity index (χ3v) is 8.51. The lowest BCUT2D eigenvalue weighted by molar-refractivity contribution is -0.139. The second-order valence-corrected chi connectivity index (χ2v) is 10.7. The fourth-order valence-electron chi connectivity index (χ4n) is 6.83. The van der Waals surface area contributed by atoms with E-state index in [0.29, 0.717) is 47.1 Å². The Morgan fingerprint density at radius 3 is 2.68 bits per heavy atom. The van der Waals surface area contributed by atoms with Gasteiger partial charge in [0.1, 0.15) is 11.9 Å². The molecule has 5 atom stereocenters. The molecule has 2 aliphatic carbocycles. The van der Waals surface area contributed by atoms with Gasteiger partial charge in [-0.2, -0.15) is 0 Å². The highest BCUT2D eigenvalue weighted by Crippen LogP contribution is 2.53. The van der Waals surface area contributed by atoms with E-state index in [0.717, 1.165) is 37.7 Å². The quantitative estimate of drug-likeness (QED) is 0.525. The Morgan fingerprint density at radius 2 is 1.92 bits per heavy atom. The number of aryl methyl sites for hydroxylation is 1. The summed E-state index contributed by atoms with van der Waals surface area (Å²) >= 11 is 0. The van der Waals surface area contributed by atoms with Gasteiger partial charge in [0.15, 0.2) is 28.9 Å². The lowest BCUT2D eigenvalue weighted by atomic mass is 9.63. The van der Waals surface area contributed by atoms with Crippen molar-refractivity contribution in [3.63, 3.8) is 0 Å². The van der Waals surface area contributed by atoms with Crippen LogP contribution in [0.4, 0.5) is 5.82 Å². The van der Waals surface area contributed by atoms with Gasteiger partial charge in [0, 0.05) is 6.07 Å². The number of benzene rings is 1. The standard InChI is InChI=1S/C29H34N2O6/c1-4-13-35-21-12-10-18(15-22(21)34-3)25-24-26(32)20-11-9-17-7-5-6-8-19(17)27(20)36-28(24)29(33)31(25)23-14-16(2)37-30-23/h10,12,14-15,17,19-20,25,27H,4-9,11,13H2,1-3H3. The van der Waals surface area contributed by atoms with Gasteiger partial charge in [-0.3, -0.25) is 14.5 Å². The predicted octanol–water partition coefficient (Wildman–Crippen LogP) is 5.31. The van der Waals surface area contributed by atoms with Crippen LogP contribution in [0.2, 0.25) is 0 Å². The molecule has 5 unspecified atom stereocenters. The van der Waals surface area contributed by atoms with E-state index in [1.807, 2.05) is 25.1 Å². The van der Waals surface area contributed by atoms with Crippen molar-refractivity contribution >= 4 is 17.5 Å². The molecule has 2 aromatic rings. The van der Waals surface area contributed by atoms with Crippen LogP contribution in [0.15, 0.2) is 40.1 Å². The Bertz CT molecular complexity index is 1250. The van der Waals surface area contributed by atoms with Crippen molar-refractivity contribution in [3.8, 4) is 11.5 Å². The fraction of sp³-hybridized carbons (Fsp3) is 0.552. The number of ketones is 1. The van der Waals surface area contributed by atoms with Gasteiger partial charge in [0.05, 0.1) is 31.2 Å². The molecular weight excluding hydrogens is 472 g/mol. The smallest absolute Gasteiger partial charge is 0.295 e. The molecule has 1 amide bonds. The summed E-state index contributed by atoms with van der Waals surface area (Å²) in [7, 11) is 1.59. The number of carbonyl (C=O) groups is 2. The average Bonchev–Trinajstić information content (AvgIpc) is 3.47. The molecule has 2 fully saturated rings. The molecule has 3 heterocycles. The summed E-state index contributed by atoms with van der Waals surface area (Å²) in [6.45, 7) is 4.38. The molecule has 1 aromatic heterocycles. The highest BCUT2D eigenvalue weighted by molar-refractivity contribution is 6.17. The van der Waals surface area contributed by atoms with Gasteiger partial charge in [-0.15, -0.1) is 0 Å². The Kier molecular flexibility index (Phi) is 6.21. The molecule has 1 aromatic carbocycles. The summed E-state index contributed by atoms with van der Waals surface area (Å²) in [5, 5.41) is 4.14. The monoisotopic (exact) mass is 506 g/mol. The minimum absolute atomic E-state index is 0.0293. The van der Waals surface area contributed by atoms with Crippen molar-refractivity contribution in [3.05, 3.63) is 46.9 Å². The van der Waals surface area contributed by atoms with E-state index in [2.05, 4.69) is 5.16 Å². The first-order chi connectivity index (χ1) is 18.0. The van der Waals surface area contributed by atoms with Crippen molar-refractivity contribution in [1.29, 1.82) is 0 Å². The molecule has 2 aliphatic heterocycles. The summed E-state index contributed by atoms with van der Waals surface area (Å²) < 4.78 is 23.4. The van der Waals surface area contributed by atoms with Crippen molar-refractivity contribution in [2.45, 2.75) is 70.9 Å². The SMILES string of the molecule is CCCOc1ccc(C2C3=C(OC4C(CCC5CCCCC54)C3=O)C(=O)N2c2cc(C)on2)cc1OC. The number of hydrogen-bond acceptors (Lipinski definition) is 7. The molecule has 0 radical (unpaired) electrons. The minimum Gasteiger partial charge on any atom is -0.493 e. The lowest BCUT2D eigenvalue weighted by Crippen LogP contribution is -2.48. The Labute approximate surface area is 216 Å². The maximum Gasteiger partial charge on any atom is 0.295 e. The van der Waals surface area contributed by atoms with Gasteiger partial charge in [-0.05, 0) is 62.1 Å². The number of hydrogen-bond donors (Lipinski definition) is 0. The van der Waals surface area contributed by atoms with E-state index < -0.39 is 6.04 Å². The van der Waals surface area contributed by atoms with Crippen molar-refractivity contribution in [2.24, 2.45) is 17.8 Å². The molecule has 4 aliphatic rings. The number of rotatable bonds is 6. The zero-order valence-electron chi connectivity index (χ0n) is 21.7. The van der Waals surface area contributed by atoms with E-state index in [-0.39, 0.29) is 29.5 Å². The second kappa shape index (κ2) is 9.54. The fourth-order valence-corrected chi connectivity index (χ4v) is 6.83. The first-order valence-corrected chi connectivity index (χ1v) is 13.5. The van der Waals surface area contributed by atoms with E-state index in [1.165, 1.54) is 17.7 Å². The van der Waals surface area contributed by atoms with Crippen molar-refractivity contribution < 1.29 is 28.3 Å². The molecule has 37 heavy (non-hydrogen) atoms. The topological polar surface area (TPSA) is 91.1 Å². The normalized spacial score (nSPS) is 28.9. The first kappa shape index (κ1) is 24.1. The summed E-state index contributed by atoms with van der Waals surface area (Å²) in [4.78, 5) is 29.6. The van der Waals surface area contributed by atoms with Crippen molar-refractivity contribution in [2.75, 3.05) is 18.6 Å². The van der Waals surface area contributed by atoms with Crippen LogP contribution in [0.25, 0.3) is 0 Å². The van der Waals surface area contributed by atoms with Crippen LogP contribution in [0.1, 0.15) is 69.2 Å². The molecular formula is C29H34N2O6. The molecule has 6 rings (SSSR count). The number of nitrogens with zero attached hydrogens (tertiary/aromatic N) is 2. The Hall–Kier alpha value is -3.29. The Morgan fingerprint density at radius 1 is 1.08 bits per heavy atom. The highest BCUT2D eigenvalue weighted by Gasteiger charge is 2.56. The zero-order chi connectivity index (χ0) is 25.7. The van der Waals surface area contributed by atoms with Crippen LogP contribution in [0.5, 0.6) is 11.5 Å². The number of aromatic nitrogens is 1. The van der Waals surface area contributed by atoms with Crippen LogP contribution < -0.4 is 14.4 Å². The van der Waals surface area contributed by atoms with Gasteiger partial charge < -0.3 is 18.7 Å². The van der Waals surface area contributed by atoms with Crippen LogP contribution >= 0.6 is 0 Å². The lowest BCUT2D eigenvalue weighted by Gasteiger charge is -2.46. The molecule has 8 heteroatoms. The third kappa shape index (κ3) is 3.92. The van der Waals surface area contributed by atoms with E-state index >= 15 is 0 Å². The molecule has 0 spiro atoms. The van der Waals surface area contributed by atoms with Gasteiger partial charge in [-0.25, -0.2) is 0 Å². The van der Waals surface area contributed by atoms with Crippen LogP contribution in [-0.4, -0.2) is 36.7 Å². The van der Waals surface area contributed by atoms with Crippen LogP contribution in [0.3, 0.4) is 0 Å². The second-order valence-electron chi connectivity index (χ2n) is 10.7. The third-order valence-electron chi connectivity index (χ3n) is 8.51. The molecule has 2 saturated carbocycles. The number of anilines is 1. The van der Waals surface area contributed by atoms with Gasteiger partial charge >= 0.3 is 0 Å². The molecule has 8 nitrogen and oxygen atoms in total. The minimum atomic E-state index is -0.682. The molecule has 0 N–H and O–H groups in total. The number of fused-ring (bicyclic) bond motifs is 3. The van der Waals surface area contributed by atoms with Crippen LogP contribution in [-0.2, 0) is 14.3 Å². The number of methoxy groups -OCH3 is 1. The first-order valence-electron chi connectivity index (χ1n) is 13.5. The maximum absolute atomic E-state index is 14.2. The number of amides is 1. The maximum atomic E-state index is 14.2. The summed E-state index contributed by atoms with van der Waals surface area (Å²) in [5.74, 6) is 2.66. The average molecular weight is 507 g/mol. The zero-order valence-corrected chi connectivity index (χ0v) is 21.7. The van der Waals surface area contributed by atoms with Crippen molar-refractivity contribution in [1.82, 2.24) is 5.16 Å². The van der Waals surface area contributed by atoms with E-state index in [9.17, 15) is 9.59 Å². The number of carbonyl (C=O) groups excluding carboxylic acids is 2. The largest absolute Gasteiger partial charge is 0.493 e. The predicted molar refractivity (Wildman–Crippen MR) is 135 cm³/mol. The Balaban J connectivity index is 1.44. The van der Waals surface area contributed by atoms with Gasteiger partial charge in [-0.1, -0.05) is 37.4 Å². The summed E-state index contributed by atoms with van der Waals surface area (Å²) in [6.07, 6.45) is 7.12. The summed E-state index contributed by atoms with van der Waals surface area (Å²) in [5.41, 5.74) is 1.16.